The summed E-state index contributed by atoms with van der Waals surface area (Å²) in [6.07, 6.45) is 5.56. The van der Waals surface area contributed by atoms with Gasteiger partial charge in [-0.2, -0.15) is 5.10 Å². The number of nitrogens with one attached hydrogen (secondary N) is 1. The third-order valence-electron chi connectivity index (χ3n) is 5.39. The molecule has 3 N–H and O–H groups in total. The normalized spacial score (nSPS) is 19.8. The van der Waals surface area contributed by atoms with Crippen molar-refractivity contribution in [3.8, 4) is 0 Å². The number of aromatic nitrogens is 3. The number of pyridine rings is 1. The first-order valence-corrected chi connectivity index (χ1v) is 11.0. The van der Waals surface area contributed by atoms with Gasteiger partial charge in [0.05, 0.1) is 11.9 Å². The summed E-state index contributed by atoms with van der Waals surface area (Å²) in [6.45, 7) is 4.26. The number of anilines is 1. The number of carbonyl (C=O) groups is 1. The predicted octanol–water partition coefficient (Wildman–Crippen LogP) is 2.91. The lowest BCUT2D eigenvalue weighted by molar-refractivity contribution is 0.260. The van der Waals surface area contributed by atoms with E-state index < -0.39 is 26.8 Å². The molecule has 0 saturated heterocycles. The highest BCUT2D eigenvalue weighted by Gasteiger charge is 2.30. The van der Waals surface area contributed by atoms with Crippen molar-refractivity contribution in [1.82, 2.24) is 14.8 Å². The molecule has 2 atom stereocenters. The summed E-state index contributed by atoms with van der Waals surface area (Å²) < 4.78 is 31.5. The maximum absolute atomic E-state index is 14.0. The van der Waals surface area contributed by atoms with Crippen molar-refractivity contribution in [2.75, 3.05) is 5.32 Å². The molecule has 0 aromatic carbocycles. The summed E-state index contributed by atoms with van der Waals surface area (Å²) >= 11 is 0. The van der Waals surface area contributed by atoms with Crippen molar-refractivity contribution in [3.05, 3.63) is 34.5 Å². The van der Waals surface area contributed by atoms with Crippen LogP contribution in [0.5, 0.6) is 0 Å². The third-order valence-corrected chi connectivity index (χ3v) is 6.66. The van der Waals surface area contributed by atoms with Crippen molar-refractivity contribution < 1.29 is 13.4 Å². The lowest BCUT2D eigenvalue weighted by Crippen LogP contribution is -2.20. The molecule has 2 aliphatic carbocycles. The van der Waals surface area contributed by atoms with Crippen LogP contribution in [0, 0.1) is 5.82 Å². The third kappa shape index (κ3) is 3.20. The second-order valence-electron chi connectivity index (χ2n) is 7.30. The zero-order valence-corrected chi connectivity index (χ0v) is 16.7. The average molecular weight is 406 g/mol. The van der Waals surface area contributed by atoms with Crippen LogP contribution in [0.2, 0.25) is 0 Å². The highest BCUT2D eigenvalue weighted by atomic mass is 32.2. The minimum Gasteiger partial charge on any atom is -0.305 e. The van der Waals surface area contributed by atoms with E-state index >= 15 is 0 Å². The molecule has 0 unspecified atom stereocenters. The Balaban J connectivity index is 1.70. The monoisotopic (exact) mass is 406 g/mol. The van der Waals surface area contributed by atoms with E-state index in [9.17, 15) is 13.4 Å². The Morgan fingerprint density at radius 2 is 2.21 bits per heavy atom. The summed E-state index contributed by atoms with van der Waals surface area (Å²) in [4.78, 5) is 17.4. The minimum atomic E-state index is -3.80. The van der Waals surface area contributed by atoms with Crippen LogP contribution in [0.3, 0.4) is 0 Å². The SMILES string of the molecule is CCn1cc(F)c([S@@](N)(=O)=NC(=O)Nc2c3c(nc4c2CC[C@H]4C)CCC3)n1. The highest BCUT2D eigenvalue weighted by Crippen LogP contribution is 2.41. The van der Waals surface area contributed by atoms with Crippen molar-refractivity contribution in [2.45, 2.75) is 63.4 Å². The molecule has 4 rings (SSSR count). The van der Waals surface area contributed by atoms with Gasteiger partial charge in [-0.15, -0.1) is 4.36 Å². The van der Waals surface area contributed by atoms with E-state index in [2.05, 4.69) is 21.7 Å². The molecule has 0 fully saturated rings. The number of nitrogens with zero attached hydrogens (tertiary/aromatic N) is 4. The summed E-state index contributed by atoms with van der Waals surface area (Å²) in [6, 6.07) is -0.861. The zero-order chi connectivity index (χ0) is 20.1. The maximum Gasteiger partial charge on any atom is 0.354 e. The van der Waals surface area contributed by atoms with E-state index in [1.54, 1.807) is 6.92 Å². The van der Waals surface area contributed by atoms with Gasteiger partial charge >= 0.3 is 6.03 Å². The Morgan fingerprint density at radius 3 is 2.93 bits per heavy atom. The predicted molar refractivity (Wildman–Crippen MR) is 103 cm³/mol. The Labute approximate surface area is 163 Å². The molecule has 2 aliphatic rings. The first kappa shape index (κ1) is 19.0. The fraction of sp³-hybridized carbons (Fsp3) is 0.500. The molecule has 0 radical (unpaired) electrons. The Bertz CT molecular complexity index is 1090. The molecule has 2 heterocycles. The first-order valence-electron chi connectivity index (χ1n) is 9.43. The Morgan fingerprint density at radius 1 is 1.43 bits per heavy atom. The molecular weight excluding hydrogens is 383 g/mol. The maximum atomic E-state index is 14.0. The number of amides is 2. The van der Waals surface area contributed by atoms with Crippen molar-refractivity contribution in [3.63, 3.8) is 0 Å². The van der Waals surface area contributed by atoms with E-state index in [1.165, 1.54) is 4.68 Å². The lowest BCUT2D eigenvalue weighted by atomic mass is 10.0. The van der Waals surface area contributed by atoms with Gasteiger partial charge in [0.15, 0.2) is 15.7 Å². The highest BCUT2D eigenvalue weighted by molar-refractivity contribution is 7.91. The summed E-state index contributed by atoms with van der Waals surface area (Å²) in [7, 11) is -3.80. The van der Waals surface area contributed by atoms with Gasteiger partial charge in [-0.1, -0.05) is 6.92 Å². The van der Waals surface area contributed by atoms with Crippen LogP contribution in [-0.2, 0) is 35.7 Å². The standard InChI is InChI=1S/C18H23FN6O2S/c1-3-25-9-13(19)17(23-25)28(20,27)24-18(26)22-16-11-5-4-6-14(11)21-15-10(2)7-8-12(15)16/h9-10H,3-8H2,1-2H3,(H3,20,21,22,24,26,27)/t10-,28+/m1/s1. The molecule has 2 amide bonds. The summed E-state index contributed by atoms with van der Waals surface area (Å²) in [5.74, 6) is -0.509. The largest absolute Gasteiger partial charge is 0.354 e. The van der Waals surface area contributed by atoms with Gasteiger partial charge in [-0.25, -0.2) is 18.5 Å². The fourth-order valence-electron chi connectivity index (χ4n) is 3.99. The van der Waals surface area contributed by atoms with Crippen molar-refractivity contribution >= 4 is 21.6 Å². The van der Waals surface area contributed by atoms with Gasteiger partial charge in [-0.05, 0) is 56.1 Å². The first-order chi connectivity index (χ1) is 13.3. The van der Waals surface area contributed by atoms with Crippen LogP contribution < -0.4 is 10.5 Å². The number of fused-ring (bicyclic) bond motifs is 2. The van der Waals surface area contributed by atoms with E-state index in [0.29, 0.717) is 18.2 Å². The molecule has 2 aromatic heterocycles. The zero-order valence-electron chi connectivity index (χ0n) is 15.9. The number of carbonyl (C=O) groups excluding carboxylic acids is 1. The molecule has 0 bridgehead atoms. The van der Waals surface area contributed by atoms with Crippen LogP contribution in [-0.4, -0.2) is 25.0 Å². The van der Waals surface area contributed by atoms with Crippen LogP contribution in [0.15, 0.2) is 15.6 Å². The topological polar surface area (TPSA) is 115 Å². The lowest BCUT2D eigenvalue weighted by Gasteiger charge is -2.15. The second-order valence-corrected chi connectivity index (χ2v) is 9.00. The van der Waals surface area contributed by atoms with Gasteiger partial charge in [0.1, 0.15) is 0 Å². The minimum absolute atomic E-state index is 0.333. The van der Waals surface area contributed by atoms with Gasteiger partial charge in [0.25, 0.3) is 0 Å². The number of halogens is 1. The van der Waals surface area contributed by atoms with E-state index in [-0.39, 0.29) is 0 Å². The molecule has 0 aliphatic heterocycles. The molecule has 0 spiro atoms. The van der Waals surface area contributed by atoms with Crippen LogP contribution in [0.1, 0.15) is 55.1 Å². The van der Waals surface area contributed by atoms with Gasteiger partial charge < -0.3 is 5.32 Å². The Kier molecular flexibility index (Phi) is 4.70. The second kappa shape index (κ2) is 6.93. The quantitative estimate of drug-likeness (QED) is 0.815. The number of hydrogen-bond donors (Lipinski definition) is 2. The molecule has 8 nitrogen and oxygen atoms in total. The van der Waals surface area contributed by atoms with Gasteiger partial charge in [0, 0.05) is 17.9 Å². The van der Waals surface area contributed by atoms with Crippen LogP contribution in [0.25, 0.3) is 0 Å². The van der Waals surface area contributed by atoms with Gasteiger partial charge in [-0.3, -0.25) is 9.67 Å². The van der Waals surface area contributed by atoms with Crippen LogP contribution >= 0.6 is 0 Å². The summed E-state index contributed by atoms with van der Waals surface area (Å²) in [5, 5.41) is 11.8. The van der Waals surface area contributed by atoms with E-state index in [1.807, 2.05) is 0 Å². The van der Waals surface area contributed by atoms with Crippen molar-refractivity contribution in [1.29, 1.82) is 0 Å². The molecular formula is C18H23FN6O2S. The molecule has 28 heavy (non-hydrogen) atoms. The number of urea groups is 1. The van der Waals surface area contributed by atoms with Crippen LogP contribution in [0.4, 0.5) is 14.9 Å². The van der Waals surface area contributed by atoms with E-state index in [4.69, 9.17) is 10.1 Å². The Hall–Kier alpha value is -2.33. The van der Waals surface area contributed by atoms with E-state index in [0.717, 1.165) is 60.8 Å². The molecule has 2 aromatic rings. The average Bonchev–Trinajstić information content (AvgIpc) is 3.33. The smallest absolute Gasteiger partial charge is 0.305 e. The number of nitrogens with two attached hydrogens (primary N) is 1. The van der Waals surface area contributed by atoms with Crippen molar-refractivity contribution in [2.24, 2.45) is 9.50 Å². The molecule has 150 valence electrons. The number of rotatable bonds is 3. The number of aryl methyl sites for hydroxylation is 2. The molecule has 10 heteroatoms. The summed E-state index contributed by atoms with van der Waals surface area (Å²) in [5.41, 5.74) is 4.76. The number of hydrogen-bond acceptors (Lipinski definition) is 4. The fourth-order valence-corrected chi connectivity index (χ4v) is 4.92. The van der Waals surface area contributed by atoms with Gasteiger partial charge in [0.2, 0.25) is 5.03 Å². The molecule has 0 saturated carbocycles.